The first-order chi connectivity index (χ1) is 9.66. The van der Waals surface area contributed by atoms with Gasteiger partial charge in [-0.25, -0.2) is 9.37 Å². The Morgan fingerprint density at radius 1 is 1.30 bits per heavy atom. The molecule has 0 aliphatic heterocycles. The van der Waals surface area contributed by atoms with Crippen molar-refractivity contribution in [3.05, 3.63) is 52.9 Å². The van der Waals surface area contributed by atoms with E-state index in [4.69, 9.17) is 11.6 Å². The number of benzene rings is 1. The number of nitrogens with zero attached hydrogens (tertiary/aromatic N) is 2. The van der Waals surface area contributed by atoms with Crippen LogP contribution < -0.4 is 5.32 Å². The van der Waals surface area contributed by atoms with Crippen LogP contribution >= 0.6 is 11.6 Å². The molecule has 1 amide bonds. The van der Waals surface area contributed by atoms with E-state index in [2.05, 4.69) is 20.5 Å². The maximum absolute atomic E-state index is 13.7. The Bertz CT molecular complexity index is 782. The first-order valence-electron chi connectivity index (χ1n) is 5.71. The van der Waals surface area contributed by atoms with E-state index < -0.39 is 11.7 Å². The number of fused-ring (bicyclic) bond motifs is 1. The van der Waals surface area contributed by atoms with Gasteiger partial charge in [-0.05, 0) is 24.3 Å². The van der Waals surface area contributed by atoms with Crippen molar-refractivity contribution >= 4 is 34.4 Å². The van der Waals surface area contributed by atoms with Gasteiger partial charge in [0.05, 0.1) is 16.0 Å². The molecule has 2 N–H and O–H groups in total. The molecule has 20 heavy (non-hydrogen) atoms. The summed E-state index contributed by atoms with van der Waals surface area (Å²) in [7, 11) is 0. The predicted octanol–water partition coefficient (Wildman–Crippen LogP) is 3.00. The summed E-state index contributed by atoms with van der Waals surface area (Å²) in [6, 6.07) is 7.51. The summed E-state index contributed by atoms with van der Waals surface area (Å²) < 4.78 is 13.7. The summed E-state index contributed by atoms with van der Waals surface area (Å²) >= 11 is 5.84. The molecule has 3 rings (SSSR count). The highest BCUT2D eigenvalue weighted by molar-refractivity contribution is 6.34. The SMILES string of the molecule is O=C(Nc1[nH]nc2ncccc12)c1c(F)cccc1Cl. The molecule has 0 saturated heterocycles. The Morgan fingerprint density at radius 3 is 2.95 bits per heavy atom. The summed E-state index contributed by atoms with van der Waals surface area (Å²) in [4.78, 5) is 16.1. The fraction of sp³-hybridized carbons (Fsp3) is 0. The number of aromatic amines is 1. The smallest absolute Gasteiger partial charge is 0.261 e. The molecule has 0 unspecified atom stereocenters. The van der Waals surface area contributed by atoms with Crippen molar-refractivity contribution in [1.29, 1.82) is 0 Å². The number of halogens is 2. The molecule has 0 saturated carbocycles. The lowest BCUT2D eigenvalue weighted by atomic mass is 10.2. The summed E-state index contributed by atoms with van der Waals surface area (Å²) in [6.45, 7) is 0. The van der Waals surface area contributed by atoms with Gasteiger partial charge in [0.15, 0.2) is 5.65 Å². The van der Waals surface area contributed by atoms with Crippen LogP contribution in [0.4, 0.5) is 10.2 Å². The number of carbonyl (C=O) groups is 1. The molecule has 0 bridgehead atoms. The van der Waals surface area contributed by atoms with Crippen LogP contribution in [-0.4, -0.2) is 21.1 Å². The van der Waals surface area contributed by atoms with Crippen molar-refractivity contribution in [2.45, 2.75) is 0 Å². The van der Waals surface area contributed by atoms with Gasteiger partial charge < -0.3 is 5.32 Å². The van der Waals surface area contributed by atoms with Crippen LogP contribution in [0.5, 0.6) is 0 Å². The summed E-state index contributed by atoms with van der Waals surface area (Å²) in [5.74, 6) is -0.989. The molecule has 100 valence electrons. The number of pyridine rings is 1. The number of anilines is 1. The zero-order valence-electron chi connectivity index (χ0n) is 10.0. The normalized spacial score (nSPS) is 10.7. The molecular formula is C13H8ClFN4O. The Hall–Kier alpha value is -2.47. The average molecular weight is 291 g/mol. The van der Waals surface area contributed by atoms with E-state index in [-0.39, 0.29) is 10.6 Å². The zero-order valence-corrected chi connectivity index (χ0v) is 10.8. The number of hydrogen-bond acceptors (Lipinski definition) is 3. The largest absolute Gasteiger partial charge is 0.306 e. The summed E-state index contributed by atoms with van der Waals surface area (Å²) in [6.07, 6.45) is 1.59. The van der Waals surface area contributed by atoms with E-state index in [0.717, 1.165) is 0 Å². The third-order valence-corrected chi connectivity index (χ3v) is 3.07. The standard InChI is InChI=1S/C13H8ClFN4O/c14-8-4-1-5-9(15)10(8)13(20)17-12-7-3-2-6-16-11(7)18-19-12/h1-6H,(H2,16,17,18,19,20). The van der Waals surface area contributed by atoms with E-state index in [9.17, 15) is 9.18 Å². The highest BCUT2D eigenvalue weighted by Crippen LogP contribution is 2.22. The van der Waals surface area contributed by atoms with Gasteiger partial charge in [0.1, 0.15) is 11.6 Å². The van der Waals surface area contributed by atoms with E-state index in [0.29, 0.717) is 16.9 Å². The van der Waals surface area contributed by atoms with Gasteiger partial charge >= 0.3 is 0 Å². The maximum Gasteiger partial charge on any atom is 0.261 e. The van der Waals surface area contributed by atoms with Gasteiger partial charge in [-0.3, -0.25) is 9.89 Å². The summed E-state index contributed by atoms with van der Waals surface area (Å²) in [5.41, 5.74) is 0.253. The lowest BCUT2D eigenvalue weighted by molar-refractivity contribution is 0.102. The quantitative estimate of drug-likeness (QED) is 0.762. The van der Waals surface area contributed by atoms with Crippen LogP contribution in [-0.2, 0) is 0 Å². The molecule has 7 heteroatoms. The molecule has 2 heterocycles. The highest BCUT2D eigenvalue weighted by Gasteiger charge is 2.17. The number of amides is 1. The zero-order chi connectivity index (χ0) is 14.1. The fourth-order valence-electron chi connectivity index (χ4n) is 1.84. The molecule has 3 aromatic rings. The van der Waals surface area contributed by atoms with Crippen molar-refractivity contribution in [2.75, 3.05) is 5.32 Å². The van der Waals surface area contributed by atoms with E-state index in [1.807, 2.05) is 0 Å². The topological polar surface area (TPSA) is 70.7 Å². The molecule has 5 nitrogen and oxygen atoms in total. The van der Waals surface area contributed by atoms with Crippen molar-refractivity contribution in [1.82, 2.24) is 15.2 Å². The molecule has 0 atom stereocenters. The molecule has 0 aliphatic carbocycles. The molecule has 2 aromatic heterocycles. The average Bonchev–Trinajstić information content (AvgIpc) is 2.82. The van der Waals surface area contributed by atoms with Crippen LogP contribution in [0.15, 0.2) is 36.5 Å². The van der Waals surface area contributed by atoms with Crippen molar-refractivity contribution in [3.63, 3.8) is 0 Å². The van der Waals surface area contributed by atoms with Gasteiger partial charge in [-0.15, -0.1) is 0 Å². The second-order valence-electron chi connectivity index (χ2n) is 4.02. The third-order valence-electron chi connectivity index (χ3n) is 2.76. The Morgan fingerprint density at radius 2 is 2.15 bits per heavy atom. The first-order valence-corrected chi connectivity index (χ1v) is 6.09. The van der Waals surface area contributed by atoms with Crippen molar-refractivity contribution < 1.29 is 9.18 Å². The first kappa shape index (κ1) is 12.6. The van der Waals surface area contributed by atoms with Gasteiger partial charge in [0, 0.05) is 6.20 Å². The number of hydrogen-bond donors (Lipinski definition) is 2. The second-order valence-corrected chi connectivity index (χ2v) is 4.43. The lowest BCUT2D eigenvalue weighted by Crippen LogP contribution is -2.14. The molecule has 1 aromatic carbocycles. The monoisotopic (exact) mass is 290 g/mol. The number of H-pyrrole nitrogens is 1. The van der Waals surface area contributed by atoms with Gasteiger partial charge in [-0.1, -0.05) is 17.7 Å². The van der Waals surface area contributed by atoms with Crippen LogP contribution in [0.3, 0.4) is 0 Å². The molecule has 0 spiro atoms. The van der Waals surface area contributed by atoms with Gasteiger partial charge in [0.2, 0.25) is 0 Å². The third kappa shape index (κ3) is 2.10. The Labute approximate surface area is 117 Å². The Kier molecular flexibility index (Phi) is 3.08. The Balaban J connectivity index is 1.97. The molecule has 0 aliphatic rings. The number of aromatic nitrogens is 3. The van der Waals surface area contributed by atoms with E-state index >= 15 is 0 Å². The van der Waals surface area contributed by atoms with Crippen LogP contribution in [0.25, 0.3) is 11.0 Å². The highest BCUT2D eigenvalue weighted by atomic mass is 35.5. The van der Waals surface area contributed by atoms with Crippen LogP contribution in [0, 0.1) is 5.82 Å². The minimum absolute atomic E-state index is 0.0458. The minimum Gasteiger partial charge on any atom is -0.306 e. The molecule has 0 fully saturated rings. The van der Waals surface area contributed by atoms with Crippen molar-refractivity contribution in [2.24, 2.45) is 0 Å². The molecular weight excluding hydrogens is 283 g/mol. The number of rotatable bonds is 2. The van der Waals surface area contributed by atoms with Crippen molar-refractivity contribution in [3.8, 4) is 0 Å². The van der Waals surface area contributed by atoms with Crippen LogP contribution in [0.1, 0.15) is 10.4 Å². The lowest BCUT2D eigenvalue weighted by Gasteiger charge is -2.06. The maximum atomic E-state index is 13.7. The number of carbonyl (C=O) groups excluding carboxylic acids is 1. The van der Waals surface area contributed by atoms with Crippen LogP contribution in [0.2, 0.25) is 5.02 Å². The fourth-order valence-corrected chi connectivity index (χ4v) is 2.09. The minimum atomic E-state index is -0.683. The summed E-state index contributed by atoms with van der Waals surface area (Å²) in [5, 5.41) is 9.80. The van der Waals surface area contributed by atoms with Gasteiger partial charge in [-0.2, -0.15) is 5.10 Å². The van der Waals surface area contributed by atoms with Gasteiger partial charge in [0.25, 0.3) is 5.91 Å². The van der Waals surface area contributed by atoms with E-state index in [1.54, 1.807) is 18.3 Å². The van der Waals surface area contributed by atoms with E-state index in [1.165, 1.54) is 18.2 Å². The molecule has 0 radical (unpaired) electrons. The predicted molar refractivity (Wildman–Crippen MR) is 73.3 cm³/mol. The number of nitrogens with one attached hydrogen (secondary N) is 2. The second kappa shape index (κ2) is 4.90.